The van der Waals surface area contributed by atoms with Gasteiger partial charge in [-0.2, -0.15) is 5.10 Å². The van der Waals surface area contributed by atoms with Gasteiger partial charge < -0.3 is 10.1 Å². The molecule has 1 N–H and O–H groups in total. The summed E-state index contributed by atoms with van der Waals surface area (Å²) >= 11 is 0. The van der Waals surface area contributed by atoms with Crippen LogP contribution in [-0.4, -0.2) is 21.9 Å². The quantitative estimate of drug-likeness (QED) is 0.752. The summed E-state index contributed by atoms with van der Waals surface area (Å²) in [6.45, 7) is 4.33. The lowest BCUT2D eigenvalue weighted by Gasteiger charge is -2.21. The number of methoxy groups -OCH3 is 1. The van der Waals surface area contributed by atoms with Crippen molar-refractivity contribution in [2.24, 2.45) is 0 Å². The highest BCUT2D eigenvalue weighted by molar-refractivity contribution is 5.36. The Bertz CT molecular complexity index is 768. The normalized spacial score (nSPS) is 13.5. The van der Waals surface area contributed by atoms with Gasteiger partial charge in [0.05, 0.1) is 12.8 Å². The average Bonchev–Trinajstić information content (AvgIpc) is 3.16. The Balaban J connectivity index is 1.72. The Morgan fingerprint density at radius 2 is 1.75 bits per heavy atom. The van der Waals surface area contributed by atoms with Crippen molar-refractivity contribution in [1.29, 1.82) is 0 Å². The van der Waals surface area contributed by atoms with Gasteiger partial charge in [0, 0.05) is 12.1 Å². The monoisotopic (exact) mass is 322 g/mol. The van der Waals surface area contributed by atoms with Crippen molar-refractivity contribution in [3.8, 4) is 11.4 Å². The summed E-state index contributed by atoms with van der Waals surface area (Å²) in [5, 5.41) is 7.82. The number of hydrogen-bond donors (Lipinski definition) is 1. The van der Waals surface area contributed by atoms with Crippen molar-refractivity contribution in [3.63, 3.8) is 0 Å². The van der Waals surface area contributed by atoms with Crippen LogP contribution in [-0.2, 0) is 0 Å². The molecule has 24 heavy (non-hydrogen) atoms. The van der Waals surface area contributed by atoms with Gasteiger partial charge in [-0.05, 0) is 49.2 Å². The van der Waals surface area contributed by atoms with Crippen LogP contribution >= 0.6 is 0 Å². The molecule has 3 rings (SSSR count). The van der Waals surface area contributed by atoms with Crippen LogP contribution in [0.2, 0.25) is 0 Å². The van der Waals surface area contributed by atoms with Gasteiger partial charge in [0.2, 0.25) is 0 Å². The first kappa shape index (κ1) is 16.2. The lowest BCUT2D eigenvalue weighted by Crippen LogP contribution is -2.22. The molecule has 0 aliphatic heterocycles. The van der Waals surface area contributed by atoms with E-state index in [0.717, 1.165) is 11.4 Å². The van der Waals surface area contributed by atoms with Gasteiger partial charge in [-0.15, -0.1) is 0 Å². The molecule has 1 aromatic heterocycles. The van der Waals surface area contributed by atoms with Crippen molar-refractivity contribution in [2.45, 2.75) is 25.9 Å². The second-order valence-corrected chi connectivity index (χ2v) is 5.82. The summed E-state index contributed by atoms with van der Waals surface area (Å²) in [5.74, 6) is 0.875. The lowest BCUT2D eigenvalue weighted by atomic mass is 10.0. The molecule has 1 heterocycles. The molecule has 5 heteroatoms. The molecular weight excluding hydrogens is 300 g/mol. The molecule has 0 unspecified atom stereocenters. The van der Waals surface area contributed by atoms with E-state index < -0.39 is 0 Å². The molecule has 0 amide bonds. The largest absolute Gasteiger partial charge is 0.497 e. The first-order chi connectivity index (χ1) is 11.7. The van der Waals surface area contributed by atoms with Crippen LogP contribution < -0.4 is 10.1 Å². The second-order valence-electron chi connectivity index (χ2n) is 5.82. The maximum absolute atomic E-state index is 5.21. The zero-order valence-electron chi connectivity index (χ0n) is 14.2. The topological polar surface area (TPSA) is 52.0 Å². The molecule has 0 bridgehead atoms. The fraction of sp³-hybridized carbons (Fsp3) is 0.263. The molecule has 3 aromatic rings. The molecule has 0 spiro atoms. The summed E-state index contributed by atoms with van der Waals surface area (Å²) in [6, 6.07) is 16.9. The highest BCUT2D eigenvalue weighted by Crippen LogP contribution is 2.22. The van der Waals surface area contributed by atoms with Gasteiger partial charge in [-0.1, -0.05) is 24.3 Å². The lowest BCUT2D eigenvalue weighted by molar-refractivity contribution is 0.414. The molecule has 0 aliphatic carbocycles. The van der Waals surface area contributed by atoms with E-state index >= 15 is 0 Å². The number of nitrogens with one attached hydrogen (secondary N) is 1. The fourth-order valence-electron chi connectivity index (χ4n) is 2.74. The maximum Gasteiger partial charge on any atom is 0.138 e. The Labute approximate surface area is 142 Å². The molecule has 0 radical (unpaired) electrons. The highest BCUT2D eigenvalue weighted by Gasteiger charge is 2.12. The Morgan fingerprint density at radius 1 is 1.00 bits per heavy atom. The van der Waals surface area contributed by atoms with Crippen molar-refractivity contribution in [2.75, 3.05) is 7.11 Å². The third-order valence-electron chi connectivity index (χ3n) is 4.17. The zero-order chi connectivity index (χ0) is 16.9. The molecular formula is C19H22N4O. The van der Waals surface area contributed by atoms with E-state index in [2.05, 4.69) is 53.5 Å². The number of nitrogens with zero attached hydrogens (tertiary/aromatic N) is 3. The number of benzene rings is 2. The predicted octanol–water partition coefficient (Wildman–Crippen LogP) is 3.69. The summed E-state index contributed by atoms with van der Waals surface area (Å²) in [5.41, 5.74) is 3.45. The van der Waals surface area contributed by atoms with E-state index in [1.807, 2.05) is 24.3 Å². The predicted molar refractivity (Wildman–Crippen MR) is 94.3 cm³/mol. The van der Waals surface area contributed by atoms with Gasteiger partial charge in [0.1, 0.15) is 18.4 Å². The second kappa shape index (κ2) is 7.27. The third kappa shape index (κ3) is 3.63. The van der Waals surface area contributed by atoms with E-state index in [1.54, 1.807) is 24.4 Å². The van der Waals surface area contributed by atoms with Crippen molar-refractivity contribution >= 4 is 0 Å². The van der Waals surface area contributed by atoms with Crippen molar-refractivity contribution < 1.29 is 4.74 Å². The first-order valence-electron chi connectivity index (χ1n) is 8.02. The smallest absolute Gasteiger partial charge is 0.138 e. The van der Waals surface area contributed by atoms with Crippen LogP contribution in [0, 0.1) is 0 Å². The van der Waals surface area contributed by atoms with E-state index in [0.29, 0.717) is 0 Å². The Kier molecular flexibility index (Phi) is 4.91. The van der Waals surface area contributed by atoms with E-state index in [9.17, 15) is 0 Å². The van der Waals surface area contributed by atoms with Crippen LogP contribution in [0.5, 0.6) is 5.75 Å². The van der Waals surface area contributed by atoms with Crippen molar-refractivity contribution in [1.82, 2.24) is 20.1 Å². The van der Waals surface area contributed by atoms with Gasteiger partial charge in [-0.25, -0.2) is 9.67 Å². The maximum atomic E-state index is 5.21. The minimum atomic E-state index is 0.213. The van der Waals surface area contributed by atoms with Crippen molar-refractivity contribution in [3.05, 3.63) is 72.3 Å². The summed E-state index contributed by atoms with van der Waals surface area (Å²) in [7, 11) is 1.68. The fourth-order valence-corrected chi connectivity index (χ4v) is 2.74. The SMILES string of the molecule is COc1ccc([C@H](C)N[C@H](C)c2cccc(-n3cncn3)c2)cc1. The van der Waals surface area contributed by atoms with Gasteiger partial charge in [0.15, 0.2) is 0 Å². The van der Waals surface area contributed by atoms with Crippen LogP contribution in [0.1, 0.15) is 37.1 Å². The molecule has 0 saturated heterocycles. The van der Waals surface area contributed by atoms with Gasteiger partial charge >= 0.3 is 0 Å². The summed E-state index contributed by atoms with van der Waals surface area (Å²) < 4.78 is 6.98. The van der Waals surface area contributed by atoms with Crippen LogP contribution in [0.25, 0.3) is 5.69 Å². The highest BCUT2D eigenvalue weighted by atomic mass is 16.5. The molecule has 0 fully saturated rings. The Hall–Kier alpha value is -2.66. The standard InChI is InChI=1S/C19H22N4O/c1-14(16-7-9-19(24-3)10-8-16)22-15(2)17-5-4-6-18(11-17)23-13-20-12-21-23/h4-15,22H,1-3H3/t14-,15+/m0/s1. The van der Waals surface area contributed by atoms with Crippen LogP contribution in [0.4, 0.5) is 0 Å². The Morgan fingerprint density at radius 3 is 2.42 bits per heavy atom. The molecule has 124 valence electrons. The van der Waals surface area contributed by atoms with Crippen LogP contribution in [0.15, 0.2) is 61.2 Å². The minimum absolute atomic E-state index is 0.213. The summed E-state index contributed by atoms with van der Waals surface area (Å²) in [6.07, 6.45) is 3.25. The number of aromatic nitrogens is 3. The van der Waals surface area contributed by atoms with E-state index in [4.69, 9.17) is 4.74 Å². The average molecular weight is 322 g/mol. The molecule has 5 nitrogen and oxygen atoms in total. The number of ether oxygens (including phenoxy) is 1. The minimum Gasteiger partial charge on any atom is -0.497 e. The summed E-state index contributed by atoms with van der Waals surface area (Å²) in [4.78, 5) is 4.00. The van der Waals surface area contributed by atoms with E-state index in [1.165, 1.54) is 11.1 Å². The van der Waals surface area contributed by atoms with Gasteiger partial charge in [-0.3, -0.25) is 0 Å². The first-order valence-corrected chi connectivity index (χ1v) is 8.02. The van der Waals surface area contributed by atoms with E-state index in [-0.39, 0.29) is 12.1 Å². The molecule has 2 atom stereocenters. The molecule has 0 aliphatic rings. The number of rotatable bonds is 6. The van der Waals surface area contributed by atoms with Crippen LogP contribution in [0.3, 0.4) is 0 Å². The zero-order valence-corrected chi connectivity index (χ0v) is 14.2. The number of hydrogen-bond acceptors (Lipinski definition) is 4. The molecule has 2 aromatic carbocycles. The van der Waals surface area contributed by atoms with Gasteiger partial charge in [0.25, 0.3) is 0 Å². The third-order valence-corrected chi connectivity index (χ3v) is 4.17. The molecule has 0 saturated carbocycles.